The number of rotatable bonds is 7. The summed E-state index contributed by atoms with van der Waals surface area (Å²) in [7, 11) is 1.64. The molecule has 0 aliphatic rings. The van der Waals surface area contributed by atoms with Gasteiger partial charge in [0.2, 0.25) is 0 Å². The Morgan fingerprint density at radius 3 is 2.69 bits per heavy atom. The van der Waals surface area contributed by atoms with Gasteiger partial charge in [-0.15, -0.1) is 0 Å². The van der Waals surface area contributed by atoms with E-state index in [1.54, 1.807) is 25.4 Å². The van der Waals surface area contributed by atoms with Crippen molar-refractivity contribution < 1.29 is 9.13 Å². The predicted molar refractivity (Wildman–Crippen MR) is 131 cm³/mol. The van der Waals surface area contributed by atoms with Crippen LogP contribution in [0.25, 0.3) is 10.9 Å². The van der Waals surface area contributed by atoms with Gasteiger partial charge in [-0.05, 0) is 85.7 Å². The number of nitrogens with zero attached hydrogens (tertiary/aromatic N) is 2. The summed E-state index contributed by atoms with van der Waals surface area (Å²) in [6, 6.07) is 18.3. The number of halogens is 1. The summed E-state index contributed by atoms with van der Waals surface area (Å²) in [5, 5.41) is 4.82. The van der Waals surface area contributed by atoms with Gasteiger partial charge in [0.05, 0.1) is 19.3 Å². The van der Waals surface area contributed by atoms with E-state index in [0.29, 0.717) is 24.6 Å². The average Bonchev–Trinajstić information content (AvgIpc) is 3.12. The van der Waals surface area contributed by atoms with Gasteiger partial charge >= 0.3 is 0 Å². The standard InChI is InChI=1S/C25H25FN4OS/c1-17-22(23-15-18(26)6-11-24(23)28-17)12-14-30(16-20-5-3-4-13-27-20)25(32)29-19-7-9-21(31-2)10-8-19/h3-11,13,15,28H,12,14,16H2,1-2H3,(H,29,32). The molecule has 4 aromatic rings. The number of aromatic nitrogens is 2. The molecule has 164 valence electrons. The van der Waals surface area contributed by atoms with Crippen LogP contribution in [0.4, 0.5) is 10.1 Å². The van der Waals surface area contributed by atoms with E-state index in [0.717, 1.165) is 39.3 Å². The number of fused-ring (bicyclic) bond motifs is 1. The molecule has 0 saturated heterocycles. The Bertz CT molecular complexity index is 1210. The van der Waals surface area contributed by atoms with E-state index in [-0.39, 0.29) is 5.82 Å². The van der Waals surface area contributed by atoms with Crippen LogP contribution in [-0.2, 0) is 13.0 Å². The molecule has 7 heteroatoms. The van der Waals surface area contributed by atoms with E-state index < -0.39 is 0 Å². The van der Waals surface area contributed by atoms with Crippen molar-refractivity contribution >= 4 is 33.9 Å². The molecule has 5 nitrogen and oxygen atoms in total. The predicted octanol–water partition coefficient (Wildman–Crippen LogP) is 5.46. The molecule has 0 atom stereocenters. The fourth-order valence-electron chi connectivity index (χ4n) is 3.74. The van der Waals surface area contributed by atoms with Crippen molar-refractivity contribution in [3.05, 3.63) is 89.6 Å². The number of benzene rings is 2. The van der Waals surface area contributed by atoms with Crippen LogP contribution in [0.3, 0.4) is 0 Å². The number of H-pyrrole nitrogens is 1. The minimum Gasteiger partial charge on any atom is -0.497 e. The zero-order valence-electron chi connectivity index (χ0n) is 18.1. The maximum atomic E-state index is 13.9. The monoisotopic (exact) mass is 448 g/mol. The zero-order valence-corrected chi connectivity index (χ0v) is 18.9. The molecule has 0 unspecified atom stereocenters. The molecule has 0 aliphatic heterocycles. The van der Waals surface area contributed by atoms with Crippen molar-refractivity contribution in [3.63, 3.8) is 0 Å². The zero-order chi connectivity index (χ0) is 22.5. The molecule has 0 fully saturated rings. The summed E-state index contributed by atoms with van der Waals surface area (Å²) in [5.74, 6) is 0.550. The molecule has 0 aliphatic carbocycles. The number of ether oxygens (including phenoxy) is 1. The highest BCUT2D eigenvalue weighted by atomic mass is 32.1. The van der Waals surface area contributed by atoms with Crippen LogP contribution in [0.15, 0.2) is 66.9 Å². The second-order valence-electron chi connectivity index (χ2n) is 7.57. The quantitative estimate of drug-likeness (QED) is 0.368. The molecule has 2 aromatic carbocycles. The molecule has 2 N–H and O–H groups in total. The van der Waals surface area contributed by atoms with Crippen molar-refractivity contribution in [2.75, 3.05) is 19.0 Å². The molecule has 0 radical (unpaired) electrons. The summed E-state index contributed by atoms with van der Waals surface area (Å²) in [6.07, 6.45) is 2.49. The van der Waals surface area contributed by atoms with E-state index in [9.17, 15) is 4.39 Å². The van der Waals surface area contributed by atoms with E-state index in [4.69, 9.17) is 17.0 Å². The van der Waals surface area contributed by atoms with Crippen LogP contribution >= 0.6 is 12.2 Å². The van der Waals surface area contributed by atoms with Gasteiger partial charge in [0, 0.05) is 35.0 Å². The van der Waals surface area contributed by atoms with Crippen LogP contribution in [-0.4, -0.2) is 33.6 Å². The van der Waals surface area contributed by atoms with Gasteiger partial charge in [-0.1, -0.05) is 6.07 Å². The van der Waals surface area contributed by atoms with E-state index in [1.165, 1.54) is 6.07 Å². The average molecular weight is 449 g/mol. The molecule has 0 saturated carbocycles. The Kier molecular flexibility index (Phi) is 6.66. The van der Waals surface area contributed by atoms with Crippen molar-refractivity contribution in [2.45, 2.75) is 19.9 Å². The third-order valence-electron chi connectivity index (χ3n) is 5.42. The fourth-order valence-corrected chi connectivity index (χ4v) is 4.01. The molecule has 2 heterocycles. The maximum absolute atomic E-state index is 13.9. The van der Waals surface area contributed by atoms with Crippen LogP contribution in [0.5, 0.6) is 5.75 Å². The first-order valence-electron chi connectivity index (χ1n) is 10.4. The number of aromatic amines is 1. The number of hydrogen-bond acceptors (Lipinski definition) is 3. The molecule has 4 rings (SSSR count). The van der Waals surface area contributed by atoms with Crippen molar-refractivity contribution in [1.29, 1.82) is 0 Å². The third-order valence-corrected chi connectivity index (χ3v) is 5.78. The molecule has 0 amide bonds. The molecule has 2 aromatic heterocycles. The number of nitrogens with one attached hydrogen (secondary N) is 2. The first-order chi connectivity index (χ1) is 15.5. The number of pyridine rings is 1. The molecule has 0 bridgehead atoms. The molecule has 0 spiro atoms. The SMILES string of the molecule is COc1ccc(NC(=S)N(CCc2c(C)[nH]c3ccc(F)cc23)Cc2ccccn2)cc1. The highest BCUT2D eigenvalue weighted by molar-refractivity contribution is 7.80. The number of anilines is 1. The first kappa shape index (κ1) is 21.8. The van der Waals surface area contributed by atoms with Gasteiger partial charge in [-0.2, -0.15) is 0 Å². The summed E-state index contributed by atoms with van der Waals surface area (Å²) >= 11 is 5.75. The van der Waals surface area contributed by atoms with Crippen molar-refractivity contribution in [3.8, 4) is 5.75 Å². The van der Waals surface area contributed by atoms with Crippen LogP contribution in [0.2, 0.25) is 0 Å². The van der Waals surface area contributed by atoms with Gasteiger partial charge in [0.1, 0.15) is 11.6 Å². The number of methoxy groups -OCH3 is 1. The van der Waals surface area contributed by atoms with Crippen LogP contribution < -0.4 is 10.1 Å². The Morgan fingerprint density at radius 1 is 1.16 bits per heavy atom. The molecule has 32 heavy (non-hydrogen) atoms. The lowest BCUT2D eigenvalue weighted by Crippen LogP contribution is -2.36. The number of hydrogen-bond donors (Lipinski definition) is 2. The highest BCUT2D eigenvalue weighted by Gasteiger charge is 2.15. The number of aryl methyl sites for hydroxylation is 1. The summed E-state index contributed by atoms with van der Waals surface area (Å²) < 4.78 is 19.1. The van der Waals surface area contributed by atoms with Gasteiger partial charge in [0.25, 0.3) is 0 Å². The minimum absolute atomic E-state index is 0.236. The lowest BCUT2D eigenvalue weighted by molar-refractivity contribution is 0.414. The van der Waals surface area contributed by atoms with Crippen LogP contribution in [0.1, 0.15) is 17.0 Å². The topological polar surface area (TPSA) is 53.2 Å². The molecular formula is C25H25FN4OS. The minimum atomic E-state index is -0.236. The van der Waals surface area contributed by atoms with Crippen molar-refractivity contribution in [1.82, 2.24) is 14.9 Å². The van der Waals surface area contributed by atoms with Gasteiger partial charge in [-0.25, -0.2) is 4.39 Å². The second kappa shape index (κ2) is 9.78. The van der Waals surface area contributed by atoms with Gasteiger partial charge in [0.15, 0.2) is 5.11 Å². The Labute approximate surface area is 192 Å². The first-order valence-corrected chi connectivity index (χ1v) is 10.8. The van der Waals surface area contributed by atoms with Crippen molar-refractivity contribution in [2.24, 2.45) is 0 Å². The normalized spacial score (nSPS) is 10.8. The van der Waals surface area contributed by atoms with E-state index in [2.05, 4.69) is 20.2 Å². The second-order valence-corrected chi connectivity index (χ2v) is 7.96. The summed E-state index contributed by atoms with van der Waals surface area (Å²) in [4.78, 5) is 9.89. The lowest BCUT2D eigenvalue weighted by Gasteiger charge is -2.26. The highest BCUT2D eigenvalue weighted by Crippen LogP contribution is 2.24. The van der Waals surface area contributed by atoms with Crippen LogP contribution in [0, 0.1) is 12.7 Å². The fraction of sp³-hybridized carbons (Fsp3) is 0.200. The van der Waals surface area contributed by atoms with E-state index in [1.807, 2.05) is 49.4 Å². The Balaban J connectivity index is 1.54. The molecular weight excluding hydrogens is 423 g/mol. The van der Waals surface area contributed by atoms with E-state index >= 15 is 0 Å². The third kappa shape index (κ3) is 5.06. The summed E-state index contributed by atoms with van der Waals surface area (Å²) in [6.45, 7) is 3.24. The number of thiocarbonyl (C=S) groups is 1. The largest absolute Gasteiger partial charge is 0.497 e. The smallest absolute Gasteiger partial charge is 0.173 e. The maximum Gasteiger partial charge on any atom is 0.173 e. The summed E-state index contributed by atoms with van der Waals surface area (Å²) in [5.41, 5.74) is 4.88. The van der Waals surface area contributed by atoms with Gasteiger partial charge in [-0.3, -0.25) is 4.98 Å². The Morgan fingerprint density at radius 2 is 1.97 bits per heavy atom. The van der Waals surface area contributed by atoms with Gasteiger partial charge < -0.3 is 19.9 Å². The Hall–Kier alpha value is -3.45. The lowest BCUT2D eigenvalue weighted by atomic mass is 10.1.